The van der Waals surface area contributed by atoms with Gasteiger partial charge in [-0.15, -0.1) is 11.3 Å². The predicted octanol–water partition coefficient (Wildman–Crippen LogP) is 6.93. The minimum atomic E-state index is -0.494. The van der Waals surface area contributed by atoms with Gasteiger partial charge in [-0.05, 0) is 59.7 Å². The molecule has 0 spiro atoms. The molecule has 154 valence electrons. The smallest absolute Gasteiger partial charge is 0.339 e. The van der Waals surface area contributed by atoms with Crippen LogP contribution in [0.1, 0.15) is 38.5 Å². The molecule has 1 aliphatic rings. The maximum atomic E-state index is 14.1. The molecular weight excluding hydrogens is 433 g/mol. The van der Waals surface area contributed by atoms with Gasteiger partial charge in [0.25, 0.3) is 0 Å². The van der Waals surface area contributed by atoms with Crippen LogP contribution in [-0.4, -0.2) is 11.0 Å². The first-order chi connectivity index (χ1) is 15.1. The second-order valence-corrected chi connectivity index (χ2v) is 8.68. The van der Waals surface area contributed by atoms with Gasteiger partial charge in [0.1, 0.15) is 12.4 Å². The highest BCUT2D eigenvalue weighted by Crippen LogP contribution is 2.38. The zero-order chi connectivity index (χ0) is 21.4. The van der Waals surface area contributed by atoms with E-state index in [2.05, 4.69) is 12.1 Å². The number of pyridine rings is 1. The van der Waals surface area contributed by atoms with Gasteiger partial charge in [-0.2, -0.15) is 0 Å². The van der Waals surface area contributed by atoms with Crippen LogP contribution < -0.4 is 0 Å². The topological polar surface area (TPSA) is 39.2 Å². The van der Waals surface area contributed by atoms with E-state index in [1.54, 1.807) is 17.4 Å². The van der Waals surface area contributed by atoms with Crippen LogP contribution in [0.25, 0.3) is 22.6 Å². The number of thiophene rings is 1. The second kappa shape index (κ2) is 8.25. The van der Waals surface area contributed by atoms with E-state index >= 15 is 0 Å². The second-order valence-electron chi connectivity index (χ2n) is 7.29. The Kier molecular flexibility index (Phi) is 5.30. The summed E-state index contributed by atoms with van der Waals surface area (Å²) in [6.07, 6.45) is 3.64. The standard InChI is InChI=1S/C25H17ClFNO2S/c26-20-7-3-8-21(27)19(20)14-30-25(29)23-17-6-1-2-9-22(17)28-24-15(10-11-18(23)24)13-16-5-4-12-31-16/h1-9,12-13H,10-11,14H2. The number of benzene rings is 2. The fraction of sp³-hybridized carbons (Fsp3) is 0.120. The van der Waals surface area contributed by atoms with Gasteiger partial charge >= 0.3 is 5.97 Å². The lowest BCUT2D eigenvalue weighted by molar-refractivity contribution is 0.0470. The van der Waals surface area contributed by atoms with Gasteiger partial charge in [-0.25, -0.2) is 14.2 Å². The molecule has 0 bridgehead atoms. The molecule has 2 aromatic carbocycles. The average molecular weight is 450 g/mol. The SMILES string of the molecule is O=C(OCc1c(F)cccc1Cl)c1c2c(nc3ccccc13)C(=Cc1cccs1)CC2. The maximum Gasteiger partial charge on any atom is 0.339 e. The normalized spacial score (nSPS) is 14.2. The van der Waals surface area contributed by atoms with Gasteiger partial charge < -0.3 is 4.74 Å². The zero-order valence-corrected chi connectivity index (χ0v) is 18.0. The first-order valence-corrected chi connectivity index (χ1v) is 11.1. The molecule has 1 aliphatic carbocycles. The molecule has 0 saturated heterocycles. The Balaban J connectivity index is 1.56. The van der Waals surface area contributed by atoms with Gasteiger partial charge in [-0.1, -0.05) is 41.9 Å². The first kappa shape index (κ1) is 19.9. The van der Waals surface area contributed by atoms with E-state index in [0.29, 0.717) is 12.0 Å². The van der Waals surface area contributed by atoms with E-state index in [0.717, 1.165) is 39.0 Å². The number of nitrogens with zero attached hydrogens (tertiary/aromatic N) is 1. The van der Waals surface area contributed by atoms with Crippen molar-refractivity contribution in [3.8, 4) is 0 Å². The van der Waals surface area contributed by atoms with E-state index in [9.17, 15) is 9.18 Å². The van der Waals surface area contributed by atoms with Crippen LogP contribution in [0.15, 0.2) is 60.0 Å². The predicted molar refractivity (Wildman–Crippen MR) is 123 cm³/mol. The molecule has 6 heteroatoms. The largest absolute Gasteiger partial charge is 0.457 e. The molecular formula is C25H17ClFNO2S. The molecule has 0 saturated carbocycles. The lowest BCUT2D eigenvalue weighted by Crippen LogP contribution is -2.11. The van der Waals surface area contributed by atoms with Gasteiger partial charge in [0, 0.05) is 15.8 Å². The molecule has 0 unspecified atom stereocenters. The molecule has 0 N–H and O–H groups in total. The zero-order valence-electron chi connectivity index (χ0n) is 16.4. The van der Waals surface area contributed by atoms with E-state index in [4.69, 9.17) is 21.3 Å². The van der Waals surface area contributed by atoms with Crippen LogP contribution >= 0.6 is 22.9 Å². The van der Waals surface area contributed by atoms with Crippen molar-refractivity contribution in [2.45, 2.75) is 19.4 Å². The Labute approximate surface area is 187 Å². The molecule has 0 amide bonds. The number of rotatable bonds is 4. The van der Waals surface area contributed by atoms with Gasteiger partial charge in [0.05, 0.1) is 21.8 Å². The highest BCUT2D eigenvalue weighted by atomic mass is 35.5. The number of halogens is 2. The number of allylic oxidation sites excluding steroid dienone is 1. The van der Waals surface area contributed by atoms with Crippen LogP contribution in [0.5, 0.6) is 0 Å². The van der Waals surface area contributed by atoms with Crippen LogP contribution in [0.4, 0.5) is 4.39 Å². The van der Waals surface area contributed by atoms with Crippen LogP contribution in [0.3, 0.4) is 0 Å². The van der Waals surface area contributed by atoms with Crippen molar-refractivity contribution in [1.29, 1.82) is 0 Å². The molecule has 0 fully saturated rings. The van der Waals surface area contributed by atoms with E-state index < -0.39 is 11.8 Å². The van der Waals surface area contributed by atoms with Gasteiger partial charge in [-0.3, -0.25) is 0 Å². The number of ether oxygens (including phenoxy) is 1. The quantitative estimate of drug-likeness (QED) is 0.317. The Bertz CT molecular complexity index is 1310. The maximum absolute atomic E-state index is 14.1. The number of aromatic nitrogens is 1. The summed E-state index contributed by atoms with van der Waals surface area (Å²) in [5.74, 6) is -0.988. The van der Waals surface area contributed by atoms with Crippen LogP contribution in [-0.2, 0) is 17.8 Å². The summed E-state index contributed by atoms with van der Waals surface area (Å²) >= 11 is 7.75. The number of carbonyl (C=O) groups excluding carboxylic acids is 1. The molecule has 0 radical (unpaired) electrons. The van der Waals surface area contributed by atoms with E-state index in [1.165, 1.54) is 12.1 Å². The van der Waals surface area contributed by atoms with Gasteiger partial charge in [0.2, 0.25) is 0 Å². The third-order valence-electron chi connectivity index (χ3n) is 5.41. The lowest BCUT2D eigenvalue weighted by Gasteiger charge is -2.13. The third kappa shape index (κ3) is 3.75. The van der Waals surface area contributed by atoms with E-state index in [1.807, 2.05) is 35.7 Å². The molecule has 3 nitrogen and oxygen atoms in total. The number of hydrogen-bond donors (Lipinski definition) is 0. The summed E-state index contributed by atoms with van der Waals surface area (Å²) in [5, 5.41) is 3.01. The number of hydrogen-bond acceptors (Lipinski definition) is 4. The molecule has 2 heterocycles. The van der Waals surface area contributed by atoms with E-state index in [-0.39, 0.29) is 17.2 Å². The summed E-state index contributed by atoms with van der Waals surface area (Å²) in [5.41, 5.74) is 4.23. The molecule has 2 aromatic heterocycles. The van der Waals surface area contributed by atoms with Crippen molar-refractivity contribution < 1.29 is 13.9 Å². The monoisotopic (exact) mass is 449 g/mol. The number of esters is 1. The summed E-state index contributed by atoms with van der Waals surface area (Å²) in [6.45, 7) is -0.229. The molecule has 31 heavy (non-hydrogen) atoms. The van der Waals surface area contributed by atoms with Crippen molar-refractivity contribution in [2.24, 2.45) is 0 Å². The summed E-state index contributed by atoms with van der Waals surface area (Å²) in [6, 6.07) is 16.0. The van der Waals surface area contributed by atoms with Crippen molar-refractivity contribution in [3.05, 3.63) is 98.1 Å². The number of fused-ring (bicyclic) bond motifs is 2. The highest BCUT2D eigenvalue weighted by molar-refractivity contribution is 7.10. The van der Waals surface area contributed by atoms with Crippen LogP contribution in [0, 0.1) is 5.82 Å². The Hall–Kier alpha value is -3.02. The molecule has 0 aliphatic heterocycles. The molecule has 5 rings (SSSR count). The fourth-order valence-corrected chi connectivity index (χ4v) is 4.84. The van der Waals surface area contributed by atoms with Crippen molar-refractivity contribution in [3.63, 3.8) is 0 Å². The summed E-state index contributed by atoms with van der Waals surface area (Å²) in [7, 11) is 0. The Morgan fingerprint density at radius 3 is 2.81 bits per heavy atom. The van der Waals surface area contributed by atoms with Crippen molar-refractivity contribution in [2.75, 3.05) is 0 Å². The summed E-state index contributed by atoms with van der Waals surface area (Å²) in [4.78, 5) is 19.2. The average Bonchev–Trinajstić information content (AvgIpc) is 3.42. The molecule has 0 atom stereocenters. The Morgan fingerprint density at radius 1 is 1.13 bits per heavy atom. The third-order valence-corrected chi connectivity index (χ3v) is 6.59. The molecule has 4 aromatic rings. The lowest BCUT2D eigenvalue weighted by atomic mass is 10.0. The first-order valence-electron chi connectivity index (χ1n) is 9.88. The number of carbonyl (C=O) groups is 1. The Morgan fingerprint density at radius 2 is 2.00 bits per heavy atom. The highest BCUT2D eigenvalue weighted by Gasteiger charge is 2.28. The van der Waals surface area contributed by atoms with Crippen molar-refractivity contribution in [1.82, 2.24) is 4.98 Å². The van der Waals surface area contributed by atoms with Gasteiger partial charge in [0.15, 0.2) is 0 Å². The minimum Gasteiger partial charge on any atom is -0.457 e. The van der Waals surface area contributed by atoms with Crippen molar-refractivity contribution >= 4 is 51.5 Å². The minimum absolute atomic E-state index is 0.172. The summed E-state index contributed by atoms with van der Waals surface area (Å²) < 4.78 is 19.7. The number of para-hydroxylation sites is 1. The fourth-order valence-electron chi connectivity index (χ4n) is 3.94. The van der Waals surface area contributed by atoms with Crippen LogP contribution in [0.2, 0.25) is 5.02 Å².